The van der Waals surface area contributed by atoms with Crippen LogP contribution in [0.3, 0.4) is 0 Å². The highest BCUT2D eigenvalue weighted by molar-refractivity contribution is 5.94. The Morgan fingerprint density at radius 3 is 2.67 bits per heavy atom. The minimum atomic E-state index is -0.148. The summed E-state index contributed by atoms with van der Waals surface area (Å²) >= 11 is 0. The van der Waals surface area contributed by atoms with Gasteiger partial charge in [-0.05, 0) is 66.8 Å². The molecule has 0 bridgehead atoms. The maximum Gasteiger partial charge on any atom is 0.254 e. The Labute approximate surface area is 194 Å². The number of likely N-dealkylation sites (tertiary alicyclic amines) is 1. The van der Waals surface area contributed by atoms with Crippen molar-refractivity contribution >= 4 is 17.0 Å². The molecule has 3 aromatic carbocycles. The van der Waals surface area contributed by atoms with Gasteiger partial charge in [-0.2, -0.15) is 0 Å². The highest BCUT2D eigenvalue weighted by Gasteiger charge is 2.34. The molecule has 5 heteroatoms. The summed E-state index contributed by atoms with van der Waals surface area (Å²) < 4.78 is 11.8. The van der Waals surface area contributed by atoms with Crippen LogP contribution in [-0.4, -0.2) is 28.9 Å². The highest BCUT2D eigenvalue weighted by Crippen LogP contribution is 2.35. The van der Waals surface area contributed by atoms with E-state index in [1.54, 1.807) is 0 Å². The van der Waals surface area contributed by atoms with Crippen molar-refractivity contribution < 1.29 is 13.9 Å². The number of benzene rings is 3. The molecule has 5 rings (SSSR count). The second kappa shape index (κ2) is 9.49. The normalized spacial score (nSPS) is 15.8. The monoisotopic (exact) mass is 440 g/mol. The second-order valence-electron chi connectivity index (χ2n) is 8.48. The number of carbonyl (C=O) groups is 1. The van der Waals surface area contributed by atoms with Gasteiger partial charge in [-0.1, -0.05) is 49.7 Å². The first-order valence-corrected chi connectivity index (χ1v) is 11.7. The molecule has 1 amide bonds. The number of hydrogen-bond donors (Lipinski definition) is 0. The van der Waals surface area contributed by atoms with Gasteiger partial charge in [0.1, 0.15) is 17.3 Å². The minimum Gasteiger partial charge on any atom is -0.494 e. The smallest absolute Gasteiger partial charge is 0.254 e. The van der Waals surface area contributed by atoms with E-state index in [-0.39, 0.29) is 11.9 Å². The number of amides is 1. The quantitative estimate of drug-likeness (QED) is 0.302. The van der Waals surface area contributed by atoms with E-state index in [1.807, 2.05) is 59.5 Å². The lowest BCUT2D eigenvalue weighted by molar-refractivity contribution is 0.0717. The van der Waals surface area contributed by atoms with Crippen molar-refractivity contribution in [2.45, 2.75) is 38.6 Å². The topological polar surface area (TPSA) is 55.6 Å². The number of nitrogens with zero attached hydrogens (tertiary/aromatic N) is 2. The van der Waals surface area contributed by atoms with Gasteiger partial charge in [-0.15, -0.1) is 0 Å². The Hall–Kier alpha value is -3.60. The molecule has 1 aliphatic heterocycles. The van der Waals surface area contributed by atoms with Gasteiger partial charge >= 0.3 is 0 Å². The van der Waals surface area contributed by atoms with Gasteiger partial charge in [0.25, 0.3) is 5.91 Å². The Bertz CT molecular complexity index is 1230. The molecule has 168 valence electrons. The fraction of sp³-hybridized carbons (Fsp3) is 0.286. The van der Waals surface area contributed by atoms with Gasteiger partial charge in [0.2, 0.25) is 5.89 Å². The summed E-state index contributed by atoms with van der Waals surface area (Å²) in [4.78, 5) is 19.9. The summed E-state index contributed by atoms with van der Waals surface area (Å²) in [6.45, 7) is 3.53. The number of carbonyl (C=O) groups excluding carboxylic acids is 1. The summed E-state index contributed by atoms with van der Waals surface area (Å²) in [6.07, 6.45) is 3.90. The summed E-state index contributed by atoms with van der Waals surface area (Å²) in [5.74, 6) is 1.41. The molecule has 5 nitrogen and oxygen atoms in total. The highest BCUT2D eigenvalue weighted by atomic mass is 16.5. The van der Waals surface area contributed by atoms with E-state index >= 15 is 0 Å². The summed E-state index contributed by atoms with van der Waals surface area (Å²) in [5.41, 5.74) is 4.47. The van der Waals surface area contributed by atoms with E-state index in [1.165, 1.54) is 0 Å². The van der Waals surface area contributed by atoms with Gasteiger partial charge in [0.05, 0.1) is 6.61 Å². The Morgan fingerprint density at radius 1 is 1.06 bits per heavy atom. The Kier molecular flexibility index (Phi) is 6.11. The van der Waals surface area contributed by atoms with Crippen molar-refractivity contribution in [1.29, 1.82) is 0 Å². The molecule has 0 aliphatic carbocycles. The van der Waals surface area contributed by atoms with Crippen LogP contribution in [0, 0.1) is 0 Å². The van der Waals surface area contributed by atoms with E-state index in [4.69, 9.17) is 14.1 Å². The molecule has 2 heterocycles. The number of aromatic nitrogens is 1. The maximum atomic E-state index is 13.3. The molecule has 0 N–H and O–H groups in total. The first-order chi connectivity index (χ1) is 16.2. The average Bonchev–Trinajstić information content (AvgIpc) is 3.51. The van der Waals surface area contributed by atoms with Crippen molar-refractivity contribution in [3.05, 3.63) is 84.3 Å². The first kappa shape index (κ1) is 21.3. The number of fused-ring (bicyclic) bond motifs is 1. The Morgan fingerprint density at radius 2 is 1.88 bits per heavy atom. The average molecular weight is 441 g/mol. The lowest BCUT2D eigenvalue weighted by atomic mass is 10.1. The SMILES string of the molecule is CCCCOc1ccc(C(=O)N2CCCC2c2nc3cc(-c4ccccc4)ccc3o2)cc1. The lowest BCUT2D eigenvalue weighted by Crippen LogP contribution is -2.30. The van der Waals surface area contributed by atoms with Crippen LogP contribution >= 0.6 is 0 Å². The number of unbranched alkanes of at least 4 members (excludes halogenated alkanes) is 1. The van der Waals surface area contributed by atoms with Crippen LogP contribution in [0.4, 0.5) is 0 Å². The molecule has 0 spiro atoms. The van der Waals surface area contributed by atoms with Crippen molar-refractivity contribution in [1.82, 2.24) is 9.88 Å². The van der Waals surface area contributed by atoms with Crippen molar-refractivity contribution in [3.63, 3.8) is 0 Å². The van der Waals surface area contributed by atoms with E-state index < -0.39 is 0 Å². The van der Waals surface area contributed by atoms with Gasteiger partial charge < -0.3 is 14.1 Å². The van der Waals surface area contributed by atoms with Crippen molar-refractivity contribution in [2.75, 3.05) is 13.2 Å². The van der Waals surface area contributed by atoms with E-state index in [0.29, 0.717) is 24.6 Å². The molecule has 1 saturated heterocycles. The third-order valence-corrected chi connectivity index (χ3v) is 6.18. The number of hydrogen-bond acceptors (Lipinski definition) is 4. The maximum absolute atomic E-state index is 13.3. The molecule has 33 heavy (non-hydrogen) atoms. The predicted octanol–water partition coefficient (Wildman–Crippen LogP) is 6.65. The van der Waals surface area contributed by atoms with Crippen LogP contribution < -0.4 is 4.74 Å². The summed E-state index contributed by atoms with van der Waals surface area (Å²) in [7, 11) is 0. The number of oxazole rings is 1. The second-order valence-corrected chi connectivity index (χ2v) is 8.48. The van der Waals surface area contributed by atoms with Crippen LogP contribution in [0.25, 0.3) is 22.2 Å². The van der Waals surface area contributed by atoms with Crippen LogP contribution in [-0.2, 0) is 0 Å². The van der Waals surface area contributed by atoms with Crippen LogP contribution in [0.2, 0.25) is 0 Å². The molecule has 1 unspecified atom stereocenters. The first-order valence-electron chi connectivity index (χ1n) is 11.7. The number of ether oxygens (including phenoxy) is 1. The molecule has 1 atom stereocenters. The fourth-order valence-corrected chi connectivity index (χ4v) is 4.36. The van der Waals surface area contributed by atoms with Crippen molar-refractivity contribution in [2.24, 2.45) is 0 Å². The zero-order valence-electron chi connectivity index (χ0n) is 18.9. The zero-order chi connectivity index (χ0) is 22.6. The molecule has 0 radical (unpaired) electrons. The van der Waals surface area contributed by atoms with Crippen molar-refractivity contribution in [3.8, 4) is 16.9 Å². The standard InChI is InChI=1S/C28H28N2O3/c1-2-3-18-32-23-14-11-21(12-15-23)28(31)30-17-7-10-25(30)27-29-24-19-22(13-16-26(24)33-27)20-8-5-4-6-9-20/h4-6,8-9,11-16,19,25H,2-3,7,10,17-18H2,1H3. The van der Waals surface area contributed by atoms with Crippen LogP contribution in [0.5, 0.6) is 5.75 Å². The third kappa shape index (κ3) is 4.49. The molecule has 4 aromatic rings. The molecule has 1 aromatic heterocycles. The van der Waals surface area contributed by atoms with Gasteiger partial charge in [0.15, 0.2) is 5.58 Å². The summed E-state index contributed by atoms with van der Waals surface area (Å²) in [6, 6.07) is 23.6. The minimum absolute atomic E-state index is 0.00448. The number of rotatable bonds is 7. The summed E-state index contributed by atoms with van der Waals surface area (Å²) in [5, 5.41) is 0. The largest absolute Gasteiger partial charge is 0.494 e. The van der Waals surface area contributed by atoms with Crippen LogP contribution in [0.15, 0.2) is 77.2 Å². The van der Waals surface area contributed by atoms with E-state index in [0.717, 1.165) is 53.7 Å². The lowest BCUT2D eigenvalue weighted by Gasteiger charge is -2.22. The molecular weight excluding hydrogens is 412 g/mol. The molecule has 1 fully saturated rings. The van der Waals surface area contributed by atoms with Gasteiger partial charge in [-0.25, -0.2) is 4.98 Å². The van der Waals surface area contributed by atoms with Gasteiger partial charge in [0, 0.05) is 12.1 Å². The molecular formula is C28H28N2O3. The van der Waals surface area contributed by atoms with E-state index in [9.17, 15) is 4.79 Å². The van der Waals surface area contributed by atoms with E-state index in [2.05, 4.69) is 25.1 Å². The molecule has 0 saturated carbocycles. The third-order valence-electron chi connectivity index (χ3n) is 6.18. The van der Waals surface area contributed by atoms with Crippen LogP contribution in [0.1, 0.15) is 54.9 Å². The Balaban J connectivity index is 1.35. The fourth-order valence-electron chi connectivity index (χ4n) is 4.36. The predicted molar refractivity (Wildman–Crippen MR) is 129 cm³/mol. The molecule has 1 aliphatic rings. The van der Waals surface area contributed by atoms with Gasteiger partial charge in [-0.3, -0.25) is 4.79 Å². The zero-order valence-corrected chi connectivity index (χ0v) is 18.9.